The van der Waals surface area contributed by atoms with Crippen LogP contribution in [0.15, 0.2) is 84.9 Å². The van der Waals surface area contributed by atoms with Crippen molar-refractivity contribution in [3.05, 3.63) is 118 Å². The fraction of sp³-hybridized carbons (Fsp3) is 0.200. The SMILES string of the molecule is Cc1ccc(Oc2ccc(COCc3ccc(Oc4ccc(C)c(C)c4)cc3)cc2)cc1C. The lowest BCUT2D eigenvalue weighted by Gasteiger charge is -2.10. The third-order valence-corrected chi connectivity index (χ3v) is 5.81. The van der Waals surface area contributed by atoms with E-state index in [1.54, 1.807) is 0 Å². The van der Waals surface area contributed by atoms with Crippen LogP contribution in [0.5, 0.6) is 23.0 Å². The molecule has 33 heavy (non-hydrogen) atoms. The maximum atomic E-state index is 5.96. The number of benzene rings is 4. The summed E-state index contributed by atoms with van der Waals surface area (Å²) < 4.78 is 17.8. The highest BCUT2D eigenvalue weighted by molar-refractivity contribution is 5.39. The second-order valence-corrected chi connectivity index (χ2v) is 8.48. The minimum Gasteiger partial charge on any atom is -0.457 e. The summed E-state index contributed by atoms with van der Waals surface area (Å²) in [6.45, 7) is 9.47. The van der Waals surface area contributed by atoms with Crippen molar-refractivity contribution < 1.29 is 14.2 Å². The van der Waals surface area contributed by atoms with Gasteiger partial charge in [-0.25, -0.2) is 0 Å². The summed E-state index contributed by atoms with van der Waals surface area (Å²) in [5.74, 6) is 3.35. The first-order valence-electron chi connectivity index (χ1n) is 11.2. The molecule has 0 radical (unpaired) electrons. The Morgan fingerprint density at radius 1 is 0.424 bits per heavy atom. The third kappa shape index (κ3) is 6.24. The number of hydrogen-bond donors (Lipinski definition) is 0. The van der Waals surface area contributed by atoms with E-state index in [0.717, 1.165) is 34.1 Å². The Labute approximate surface area is 196 Å². The molecule has 0 amide bonds. The molecule has 0 saturated heterocycles. The quantitative estimate of drug-likeness (QED) is 0.277. The maximum Gasteiger partial charge on any atom is 0.127 e. The number of hydrogen-bond acceptors (Lipinski definition) is 3. The molecule has 0 fully saturated rings. The summed E-state index contributed by atoms with van der Waals surface area (Å²) >= 11 is 0. The highest BCUT2D eigenvalue weighted by Crippen LogP contribution is 2.25. The second-order valence-electron chi connectivity index (χ2n) is 8.48. The van der Waals surface area contributed by atoms with Crippen molar-refractivity contribution in [3.8, 4) is 23.0 Å². The molecule has 4 aromatic carbocycles. The van der Waals surface area contributed by atoms with E-state index in [9.17, 15) is 0 Å². The van der Waals surface area contributed by atoms with E-state index in [0.29, 0.717) is 13.2 Å². The van der Waals surface area contributed by atoms with Crippen LogP contribution in [-0.2, 0) is 18.0 Å². The summed E-state index contributed by atoms with van der Waals surface area (Å²) in [6, 6.07) is 28.3. The predicted octanol–water partition coefficient (Wildman–Crippen LogP) is 8.22. The van der Waals surface area contributed by atoms with Gasteiger partial charge in [0.25, 0.3) is 0 Å². The third-order valence-electron chi connectivity index (χ3n) is 5.81. The fourth-order valence-electron chi connectivity index (χ4n) is 3.42. The van der Waals surface area contributed by atoms with E-state index in [1.165, 1.54) is 22.3 Å². The van der Waals surface area contributed by atoms with Gasteiger partial charge in [-0.2, -0.15) is 0 Å². The van der Waals surface area contributed by atoms with Crippen LogP contribution in [-0.4, -0.2) is 0 Å². The van der Waals surface area contributed by atoms with Crippen molar-refractivity contribution in [1.29, 1.82) is 0 Å². The van der Waals surface area contributed by atoms with Crippen LogP contribution in [0.1, 0.15) is 33.4 Å². The van der Waals surface area contributed by atoms with Crippen molar-refractivity contribution in [2.24, 2.45) is 0 Å². The Kier molecular flexibility index (Phi) is 7.11. The molecule has 4 rings (SSSR count). The molecular formula is C30H30O3. The van der Waals surface area contributed by atoms with Crippen LogP contribution < -0.4 is 9.47 Å². The summed E-state index contributed by atoms with van der Waals surface area (Å²) in [6.07, 6.45) is 0. The minimum atomic E-state index is 0.546. The van der Waals surface area contributed by atoms with E-state index in [-0.39, 0.29) is 0 Å². The van der Waals surface area contributed by atoms with Gasteiger partial charge < -0.3 is 14.2 Å². The van der Waals surface area contributed by atoms with Crippen molar-refractivity contribution in [2.75, 3.05) is 0 Å². The zero-order valence-electron chi connectivity index (χ0n) is 19.7. The molecule has 3 heteroatoms. The van der Waals surface area contributed by atoms with Crippen LogP contribution in [0.3, 0.4) is 0 Å². The predicted molar refractivity (Wildman–Crippen MR) is 133 cm³/mol. The van der Waals surface area contributed by atoms with Gasteiger partial charge in [0.1, 0.15) is 23.0 Å². The summed E-state index contributed by atoms with van der Waals surface area (Å²) in [7, 11) is 0. The van der Waals surface area contributed by atoms with Crippen molar-refractivity contribution >= 4 is 0 Å². The second kappa shape index (κ2) is 10.4. The highest BCUT2D eigenvalue weighted by atomic mass is 16.5. The Hall–Kier alpha value is -3.56. The molecule has 0 heterocycles. The molecule has 0 atom stereocenters. The van der Waals surface area contributed by atoms with Crippen LogP contribution in [0.25, 0.3) is 0 Å². The lowest BCUT2D eigenvalue weighted by Crippen LogP contribution is -1.95. The van der Waals surface area contributed by atoms with Crippen LogP contribution >= 0.6 is 0 Å². The first-order valence-corrected chi connectivity index (χ1v) is 11.2. The first kappa shape index (κ1) is 22.6. The van der Waals surface area contributed by atoms with Gasteiger partial charge in [-0.3, -0.25) is 0 Å². The summed E-state index contributed by atoms with van der Waals surface area (Å²) in [5.41, 5.74) is 7.19. The Bertz CT molecular complexity index is 1110. The van der Waals surface area contributed by atoms with Crippen LogP contribution in [0.2, 0.25) is 0 Å². The zero-order valence-corrected chi connectivity index (χ0v) is 19.7. The van der Waals surface area contributed by atoms with Gasteiger partial charge in [-0.15, -0.1) is 0 Å². The molecule has 0 aliphatic heterocycles. The van der Waals surface area contributed by atoms with Gasteiger partial charge in [-0.05, 0) is 110 Å². The van der Waals surface area contributed by atoms with E-state index in [4.69, 9.17) is 14.2 Å². The molecule has 0 aliphatic carbocycles. The monoisotopic (exact) mass is 438 g/mol. The summed E-state index contributed by atoms with van der Waals surface area (Å²) in [4.78, 5) is 0. The molecule has 0 aromatic heterocycles. The normalized spacial score (nSPS) is 10.8. The Balaban J connectivity index is 1.25. The van der Waals surface area contributed by atoms with Gasteiger partial charge in [0.15, 0.2) is 0 Å². The van der Waals surface area contributed by atoms with Gasteiger partial charge in [0.05, 0.1) is 13.2 Å². The molecule has 3 nitrogen and oxygen atoms in total. The smallest absolute Gasteiger partial charge is 0.127 e. The Morgan fingerprint density at radius 2 is 0.788 bits per heavy atom. The molecule has 0 N–H and O–H groups in total. The molecule has 4 aromatic rings. The first-order chi connectivity index (χ1) is 16.0. The Morgan fingerprint density at radius 3 is 1.15 bits per heavy atom. The fourth-order valence-corrected chi connectivity index (χ4v) is 3.42. The largest absolute Gasteiger partial charge is 0.457 e. The summed E-state index contributed by atoms with van der Waals surface area (Å²) in [5, 5.41) is 0. The number of rotatable bonds is 8. The van der Waals surface area contributed by atoms with Crippen molar-refractivity contribution in [1.82, 2.24) is 0 Å². The zero-order chi connectivity index (χ0) is 23.2. The molecule has 0 saturated carbocycles. The van der Waals surface area contributed by atoms with E-state index >= 15 is 0 Å². The number of aryl methyl sites for hydroxylation is 4. The standard InChI is InChI=1S/C30H30O3/c1-21-5-11-29(17-23(21)3)32-27-13-7-25(8-14-27)19-31-20-26-9-15-28(16-10-26)33-30-12-6-22(2)24(4)18-30/h5-18H,19-20H2,1-4H3. The molecule has 168 valence electrons. The lowest BCUT2D eigenvalue weighted by atomic mass is 10.1. The van der Waals surface area contributed by atoms with Crippen LogP contribution in [0.4, 0.5) is 0 Å². The van der Waals surface area contributed by atoms with E-state index in [1.807, 2.05) is 60.7 Å². The molecular weight excluding hydrogens is 408 g/mol. The topological polar surface area (TPSA) is 27.7 Å². The average molecular weight is 439 g/mol. The molecule has 0 unspecified atom stereocenters. The lowest BCUT2D eigenvalue weighted by molar-refractivity contribution is 0.107. The highest BCUT2D eigenvalue weighted by Gasteiger charge is 2.03. The van der Waals surface area contributed by atoms with Crippen molar-refractivity contribution in [2.45, 2.75) is 40.9 Å². The van der Waals surface area contributed by atoms with E-state index < -0.39 is 0 Å². The van der Waals surface area contributed by atoms with Crippen molar-refractivity contribution in [3.63, 3.8) is 0 Å². The van der Waals surface area contributed by atoms with Gasteiger partial charge in [0.2, 0.25) is 0 Å². The maximum absolute atomic E-state index is 5.96. The van der Waals surface area contributed by atoms with E-state index in [2.05, 4.69) is 52.0 Å². The molecule has 0 aliphatic rings. The number of ether oxygens (including phenoxy) is 3. The average Bonchev–Trinajstić information content (AvgIpc) is 2.81. The molecule has 0 bridgehead atoms. The van der Waals surface area contributed by atoms with Crippen LogP contribution in [0, 0.1) is 27.7 Å². The van der Waals surface area contributed by atoms with Gasteiger partial charge in [0, 0.05) is 0 Å². The minimum absolute atomic E-state index is 0.546. The van der Waals surface area contributed by atoms with Gasteiger partial charge >= 0.3 is 0 Å². The molecule has 0 spiro atoms. The van der Waals surface area contributed by atoms with Gasteiger partial charge in [-0.1, -0.05) is 36.4 Å².